The van der Waals surface area contributed by atoms with Crippen LogP contribution in [0.15, 0.2) is 18.2 Å². The maximum atomic E-state index is 12.4. The molecule has 7 heteroatoms. The van der Waals surface area contributed by atoms with Gasteiger partial charge in [-0.3, -0.25) is 4.79 Å². The highest BCUT2D eigenvalue weighted by atomic mass is 32.2. The molecule has 22 heavy (non-hydrogen) atoms. The van der Waals surface area contributed by atoms with E-state index in [4.69, 9.17) is 11.2 Å². The minimum absolute atomic E-state index is 0.0116. The number of rotatable bonds is 4. The van der Waals surface area contributed by atoms with E-state index < -0.39 is 9.84 Å². The Kier molecular flexibility index (Phi) is 4.93. The van der Waals surface area contributed by atoms with Crippen molar-refractivity contribution in [3.8, 4) is 18.1 Å². The molecule has 0 aromatic heterocycles. The first-order chi connectivity index (χ1) is 10.5. The summed E-state index contributed by atoms with van der Waals surface area (Å²) in [5.41, 5.74) is 1.17. The molecule has 0 bridgehead atoms. The number of hydrogen-bond acceptors (Lipinski definition) is 5. The third-order valence-corrected chi connectivity index (χ3v) is 5.07. The predicted octanol–water partition coefficient (Wildman–Crippen LogP) is 0.611. The van der Waals surface area contributed by atoms with Gasteiger partial charge in [0.05, 0.1) is 30.8 Å². The third kappa shape index (κ3) is 3.71. The smallest absolute Gasteiger partial charge is 0.254 e. The predicted molar refractivity (Wildman–Crippen MR) is 84.9 cm³/mol. The van der Waals surface area contributed by atoms with E-state index in [9.17, 15) is 13.2 Å². The van der Waals surface area contributed by atoms with Gasteiger partial charge in [-0.05, 0) is 18.2 Å². The second-order valence-electron chi connectivity index (χ2n) is 4.92. The molecule has 0 saturated carbocycles. The van der Waals surface area contributed by atoms with Gasteiger partial charge in [0.2, 0.25) is 0 Å². The molecule has 0 atom stereocenters. The van der Waals surface area contributed by atoms with Gasteiger partial charge in [-0.25, -0.2) is 8.42 Å². The Morgan fingerprint density at radius 1 is 1.41 bits per heavy atom. The van der Waals surface area contributed by atoms with Crippen molar-refractivity contribution in [3.05, 3.63) is 23.8 Å². The zero-order chi connectivity index (χ0) is 16.2. The van der Waals surface area contributed by atoms with Crippen LogP contribution in [0.2, 0.25) is 0 Å². The maximum absolute atomic E-state index is 12.4. The van der Waals surface area contributed by atoms with Crippen LogP contribution in [0.5, 0.6) is 5.75 Å². The molecular weight excluding hydrogens is 304 g/mol. The number of amides is 1. The number of terminal acetylenes is 1. The van der Waals surface area contributed by atoms with Gasteiger partial charge in [0.1, 0.15) is 5.75 Å². The number of benzene rings is 1. The van der Waals surface area contributed by atoms with Crippen molar-refractivity contribution in [1.29, 1.82) is 0 Å². The molecule has 1 fully saturated rings. The first-order valence-corrected chi connectivity index (χ1v) is 8.64. The minimum Gasteiger partial charge on any atom is -0.495 e. The lowest BCUT2D eigenvalue weighted by atomic mass is 10.1. The van der Waals surface area contributed by atoms with Crippen LogP contribution in [-0.2, 0) is 9.84 Å². The first-order valence-electron chi connectivity index (χ1n) is 6.82. The van der Waals surface area contributed by atoms with Crippen molar-refractivity contribution in [2.75, 3.05) is 43.6 Å². The summed E-state index contributed by atoms with van der Waals surface area (Å²) in [6.45, 7) is 0.800. The van der Waals surface area contributed by atoms with Crippen LogP contribution in [0, 0.1) is 12.3 Å². The van der Waals surface area contributed by atoms with E-state index in [2.05, 4.69) is 11.2 Å². The fourth-order valence-corrected chi connectivity index (χ4v) is 3.42. The highest BCUT2D eigenvalue weighted by Crippen LogP contribution is 2.26. The standard InChI is InChI=1S/C15H18N2O4S/c1-3-6-16-13-5-4-12(11-14(13)21-2)15(18)17-7-9-22(19,20)10-8-17/h1,4-5,11,16H,6-10H2,2H3. The van der Waals surface area contributed by atoms with Gasteiger partial charge in [0.15, 0.2) is 9.84 Å². The Hall–Kier alpha value is -2.20. The Labute approximate surface area is 130 Å². The molecule has 1 aliphatic rings. The van der Waals surface area contributed by atoms with Crippen molar-refractivity contribution >= 4 is 21.4 Å². The van der Waals surface area contributed by atoms with Crippen LogP contribution >= 0.6 is 0 Å². The molecule has 0 aliphatic carbocycles. The Bertz CT molecular complexity index is 693. The van der Waals surface area contributed by atoms with Crippen LogP contribution in [0.1, 0.15) is 10.4 Å². The summed E-state index contributed by atoms with van der Waals surface area (Å²) in [5.74, 6) is 2.81. The number of hydrogen-bond donors (Lipinski definition) is 1. The van der Waals surface area contributed by atoms with Gasteiger partial charge in [0.25, 0.3) is 5.91 Å². The van der Waals surface area contributed by atoms with Gasteiger partial charge >= 0.3 is 0 Å². The number of ether oxygens (including phenoxy) is 1. The van der Waals surface area contributed by atoms with Crippen LogP contribution in [-0.4, -0.2) is 57.5 Å². The molecule has 1 aliphatic heterocycles. The monoisotopic (exact) mass is 322 g/mol. The number of carbonyl (C=O) groups is 1. The third-order valence-electron chi connectivity index (χ3n) is 3.46. The molecule has 0 unspecified atom stereocenters. The zero-order valence-electron chi connectivity index (χ0n) is 12.3. The molecule has 2 rings (SSSR count). The average Bonchev–Trinajstić information content (AvgIpc) is 2.52. The number of nitrogens with one attached hydrogen (secondary N) is 1. The summed E-state index contributed by atoms with van der Waals surface area (Å²) in [5, 5.41) is 3.00. The Morgan fingerprint density at radius 2 is 2.09 bits per heavy atom. The van der Waals surface area contributed by atoms with Crippen LogP contribution < -0.4 is 10.1 Å². The summed E-state index contributed by atoms with van der Waals surface area (Å²) in [6, 6.07) is 5.03. The molecule has 1 heterocycles. The Morgan fingerprint density at radius 3 is 2.68 bits per heavy atom. The van der Waals surface area contributed by atoms with Gasteiger partial charge in [-0.15, -0.1) is 6.42 Å². The number of sulfone groups is 1. The quantitative estimate of drug-likeness (QED) is 0.822. The van der Waals surface area contributed by atoms with Crippen molar-refractivity contribution < 1.29 is 17.9 Å². The normalized spacial score (nSPS) is 16.6. The SMILES string of the molecule is C#CCNc1ccc(C(=O)N2CCS(=O)(=O)CC2)cc1OC. The molecule has 1 aromatic rings. The van der Waals surface area contributed by atoms with Crippen molar-refractivity contribution in [2.24, 2.45) is 0 Å². The van der Waals surface area contributed by atoms with E-state index in [0.717, 1.165) is 0 Å². The Balaban J connectivity index is 2.15. The van der Waals surface area contributed by atoms with E-state index >= 15 is 0 Å². The summed E-state index contributed by atoms with van der Waals surface area (Å²) < 4.78 is 28.1. The van der Waals surface area contributed by atoms with Crippen molar-refractivity contribution in [3.63, 3.8) is 0 Å². The fourth-order valence-electron chi connectivity index (χ4n) is 2.21. The van der Waals surface area contributed by atoms with E-state index in [-0.39, 0.29) is 30.5 Å². The molecule has 118 valence electrons. The van der Waals surface area contributed by atoms with Gasteiger partial charge < -0.3 is 15.0 Å². The summed E-state index contributed by atoms with van der Waals surface area (Å²) in [4.78, 5) is 14.0. The molecule has 0 radical (unpaired) electrons. The molecule has 0 spiro atoms. The van der Waals surface area contributed by atoms with Crippen LogP contribution in [0.25, 0.3) is 0 Å². The second kappa shape index (κ2) is 6.71. The van der Waals surface area contributed by atoms with Crippen LogP contribution in [0.3, 0.4) is 0 Å². The molecule has 1 amide bonds. The number of methoxy groups -OCH3 is 1. The molecule has 6 nitrogen and oxygen atoms in total. The van der Waals surface area contributed by atoms with E-state index in [1.807, 2.05) is 0 Å². The van der Waals surface area contributed by atoms with Crippen molar-refractivity contribution in [2.45, 2.75) is 0 Å². The lowest BCUT2D eigenvalue weighted by Gasteiger charge is -2.27. The van der Waals surface area contributed by atoms with E-state index in [1.165, 1.54) is 7.11 Å². The van der Waals surface area contributed by atoms with Gasteiger partial charge in [0, 0.05) is 18.7 Å². The fraction of sp³-hybridized carbons (Fsp3) is 0.400. The molecule has 1 saturated heterocycles. The van der Waals surface area contributed by atoms with Crippen molar-refractivity contribution in [1.82, 2.24) is 4.90 Å². The lowest BCUT2D eigenvalue weighted by molar-refractivity contribution is 0.0770. The number of nitrogens with zero attached hydrogens (tertiary/aromatic N) is 1. The van der Waals surface area contributed by atoms with Crippen LogP contribution in [0.4, 0.5) is 5.69 Å². The minimum atomic E-state index is -3.01. The topological polar surface area (TPSA) is 75.7 Å². The van der Waals surface area contributed by atoms with E-state index in [0.29, 0.717) is 23.5 Å². The first kappa shape index (κ1) is 16.2. The number of carbonyl (C=O) groups excluding carboxylic acids is 1. The second-order valence-corrected chi connectivity index (χ2v) is 7.22. The highest BCUT2D eigenvalue weighted by molar-refractivity contribution is 7.91. The highest BCUT2D eigenvalue weighted by Gasteiger charge is 2.26. The summed E-state index contributed by atoms with van der Waals surface area (Å²) in [6.07, 6.45) is 5.20. The summed E-state index contributed by atoms with van der Waals surface area (Å²) in [7, 11) is -1.50. The molecular formula is C15H18N2O4S. The zero-order valence-corrected chi connectivity index (χ0v) is 13.1. The summed E-state index contributed by atoms with van der Waals surface area (Å²) >= 11 is 0. The average molecular weight is 322 g/mol. The largest absolute Gasteiger partial charge is 0.495 e. The van der Waals surface area contributed by atoms with Gasteiger partial charge in [-0.1, -0.05) is 5.92 Å². The lowest BCUT2D eigenvalue weighted by Crippen LogP contribution is -2.43. The maximum Gasteiger partial charge on any atom is 0.254 e. The van der Waals surface area contributed by atoms with E-state index in [1.54, 1.807) is 23.1 Å². The number of anilines is 1. The molecule has 1 aromatic carbocycles. The molecule has 1 N–H and O–H groups in total. The van der Waals surface area contributed by atoms with Gasteiger partial charge in [-0.2, -0.15) is 0 Å².